The number of guanidine groups is 1. The number of nitrogens with one attached hydrogen (secondary N) is 2. The minimum atomic E-state index is -4.16. The summed E-state index contributed by atoms with van der Waals surface area (Å²) in [5, 5.41) is 6.31. The van der Waals surface area contributed by atoms with E-state index in [-0.39, 0.29) is 12.6 Å². The van der Waals surface area contributed by atoms with Gasteiger partial charge in [-0.05, 0) is 32.1 Å². The predicted molar refractivity (Wildman–Crippen MR) is 88.2 cm³/mol. The summed E-state index contributed by atoms with van der Waals surface area (Å²) in [6.07, 6.45) is -1.93. The lowest BCUT2D eigenvalue weighted by molar-refractivity contribution is -0.132. The Bertz CT molecular complexity index is 389. The SMILES string of the molecule is CCNC(=NCCC(F)(F)F)NC1CCN(CC2CCOC2)CC1. The molecule has 0 aliphatic carbocycles. The zero-order valence-corrected chi connectivity index (χ0v) is 14.4. The van der Waals surface area contributed by atoms with Crippen LogP contribution in [0.3, 0.4) is 0 Å². The molecule has 2 aliphatic rings. The van der Waals surface area contributed by atoms with E-state index in [0.717, 1.165) is 52.1 Å². The van der Waals surface area contributed by atoms with Crippen LogP contribution in [0.2, 0.25) is 0 Å². The van der Waals surface area contributed by atoms with Crippen molar-refractivity contribution < 1.29 is 17.9 Å². The van der Waals surface area contributed by atoms with Gasteiger partial charge >= 0.3 is 6.18 Å². The van der Waals surface area contributed by atoms with Gasteiger partial charge in [-0.15, -0.1) is 0 Å². The van der Waals surface area contributed by atoms with E-state index in [4.69, 9.17) is 4.74 Å². The van der Waals surface area contributed by atoms with Crippen LogP contribution in [0.4, 0.5) is 13.2 Å². The fourth-order valence-corrected chi connectivity index (χ4v) is 3.16. The monoisotopic (exact) mass is 350 g/mol. The molecule has 2 fully saturated rings. The van der Waals surface area contributed by atoms with Crippen molar-refractivity contribution in [2.45, 2.75) is 44.8 Å². The number of rotatable bonds is 6. The van der Waals surface area contributed by atoms with Crippen LogP contribution >= 0.6 is 0 Å². The number of nitrogens with zero attached hydrogens (tertiary/aromatic N) is 2. The smallest absolute Gasteiger partial charge is 0.381 e. The van der Waals surface area contributed by atoms with Crippen LogP contribution in [0.15, 0.2) is 4.99 Å². The summed E-state index contributed by atoms with van der Waals surface area (Å²) in [5.74, 6) is 1.14. The first-order valence-electron chi connectivity index (χ1n) is 8.88. The van der Waals surface area contributed by atoms with Crippen LogP contribution in [0.5, 0.6) is 0 Å². The molecule has 140 valence electrons. The Morgan fingerprint density at radius 1 is 1.25 bits per heavy atom. The molecule has 2 rings (SSSR count). The van der Waals surface area contributed by atoms with Gasteiger partial charge in [0.25, 0.3) is 0 Å². The zero-order chi connectivity index (χ0) is 17.4. The Morgan fingerprint density at radius 3 is 2.58 bits per heavy atom. The number of ether oxygens (including phenoxy) is 1. The standard InChI is InChI=1S/C16H29F3N4O/c1-2-20-15(21-7-6-16(17,18)19)22-14-3-8-23(9-4-14)11-13-5-10-24-12-13/h13-14H,2-12H2,1H3,(H2,20,21,22). The van der Waals surface area contributed by atoms with E-state index in [9.17, 15) is 13.2 Å². The summed E-state index contributed by atoms with van der Waals surface area (Å²) in [4.78, 5) is 6.50. The van der Waals surface area contributed by atoms with Crippen molar-refractivity contribution in [2.24, 2.45) is 10.9 Å². The number of halogens is 3. The van der Waals surface area contributed by atoms with Crippen molar-refractivity contribution in [1.82, 2.24) is 15.5 Å². The third-order valence-corrected chi connectivity index (χ3v) is 4.48. The highest BCUT2D eigenvalue weighted by Gasteiger charge is 2.27. The van der Waals surface area contributed by atoms with Crippen LogP contribution in [-0.2, 0) is 4.74 Å². The van der Waals surface area contributed by atoms with Crippen molar-refractivity contribution >= 4 is 5.96 Å². The average molecular weight is 350 g/mol. The quantitative estimate of drug-likeness (QED) is 0.568. The minimum Gasteiger partial charge on any atom is -0.381 e. The van der Waals surface area contributed by atoms with Crippen LogP contribution < -0.4 is 10.6 Å². The molecule has 0 amide bonds. The molecule has 0 radical (unpaired) electrons. The van der Waals surface area contributed by atoms with E-state index in [0.29, 0.717) is 18.4 Å². The van der Waals surface area contributed by atoms with E-state index < -0.39 is 12.6 Å². The molecule has 8 heteroatoms. The first kappa shape index (κ1) is 19.3. The molecule has 0 spiro atoms. The summed E-state index contributed by atoms with van der Waals surface area (Å²) >= 11 is 0. The van der Waals surface area contributed by atoms with Gasteiger partial charge in [0, 0.05) is 38.8 Å². The molecule has 24 heavy (non-hydrogen) atoms. The molecular weight excluding hydrogens is 321 g/mol. The number of piperidine rings is 1. The van der Waals surface area contributed by atoms with Crippen LogP contribution in [0, 0.1) is 5.92 Å². The second-order valence-corrected chi connectivity index (χ2v) is 6.57. The maximum absolute atomic E-state index is 12.2. The molecule has 0 aromatic heterocycles. The molecular formula is C16H29F3N4O. The molecule has 2 aliphatic heterocycles. The van der Waals surface area contributed by atoms with Crippen molar-refractivity contribution in [1.29, 1.82) is 0 Å². The Morgan fingerprint density at radius 2 is 2.00 bits per heavy atom. The summed E-state index contributed by atoms with van der Waals surface area (Å²) in [6, 6.07) is 0.268. The van der Waals surface area contributed by atoms with Gasteiger partial charge in [0.2, 0.25) is 0 Å². The van der Waals surface area contributed by atoms with E-state index >= 15 is 0 Å². The summed E-state index contributed by atoms with van der Waals surface area (Å²) < 4.78 is 42.1. The third kappa shape index (κ3) is 7.25. The van der Waals surface area contributed by atoms with Crippen molar-refractivity contribution in [3.05, 3.63) is 0 Å². The van der Waals surface area contributed by atoms with Gasteiger partial charge in [-0.3, -0.25) is 4.99 Å². The topological polar surface area (TPSA) is 48.9 Å². The van der Waals surface area contributed by atoms with E-state index in [2.05, 4.69) is 20.5 Å². The Hall–Kier alpha value is -1.02. The number of hydrogen-bond donors (Lipinski definition) is 2. The highest BCUT2D eigenvalue weighted by molar-refractivity contribution is 5.80. The van der Waals surface area contributed by atoms with E-state index in [1.807, 2.05) is 6.92 Å². The van der Waals surface area contributed by atoms with E-state index in [1.165, 1.54) is 0 Å². The number of likely N-dealkylation sites (tertiary alicyclic amines) is 1. The molecule has 0 aromatic carbocycles. The number of hydrogen-bond acceptors (Lipinski definition) is 3. The van der Waals surface area contributed by atoms with Gasteiger partial charge in [-0.2, -0.15) is 13.2 Å². The minimum absolute atomic E-state index is 0.237. The fraction of sp³-hybridized carbons (Fsp3) is 0.938. The number of aliphatic imine (C=N–C) groups is 1. The lowest BCUT2D eigenvalue weighted by atomic mass is 10.0. The molecule has 5 nitrogen and oxygen atoms in total. The number of alkyl halides is 3. The van der Waals surface area contributed by atoms with Crippen LogP contribution in [0.1, 0.15) is 32.6 Å². The molecule has 0 bridgehead atoms. The molecule has 0 aromatic rings. The van der Waals surface area contributed by atoms with Crippen molar-refractivity contribution in [3.8, 4) is 0 Å². The van der Waals surface area contributed by atoms with Crippen molar-refractivity contribution in [2.75, 3.05) is 45.9 Å². The maximum atomic E-state index is 12.2. The van der Waals surface area contributed by atoms with Gasteiger partial charge in [0.1, 0.15) is 0 Å². The lowest BCUT2D eigenvalue weighted by Gasteiger charge is -2.34. The Balaban J connectivity index is 1.71. The van der Waals surface area contributed by atoms with Crippen LogP contribution in [0.25, 0.3) is 0 Å². The molecule has 2 N–H and O–H groups in total. The molecule has 1 unspecified atom stereocenters. The highest BCUT2D eigenvalue weighted by Crippen LogP contribution is 2.19. The van der Waals surface area contributed by atoms with Gasteiger partial charge in [-0.25, -0.2) is 0 Å². The van der Waals surface area contributed by atoms with Gasteiger partial charge in [0.15, 0.2) is 5.96 Å². The second-order valence-electron chi connectivity index (χ2n) is 6.57. The van der Waals surface area contributed by atoms with Crippen molar-refractivity contribution in [3.63, 3.8) is 0 Å². The largest absolute Gasteiger partial charge is 0.390 e. The predicted octanol–water partition coefficient (Wildman–Crippen LogP) is 1.99. The fourth-order valence-electron chi connectivity index (χ4n) is 3.16. The van der Waals surface area contributed by atoms with E-state index in [1.54, 1.807) is 0 Å². The first-order valence-corrected chi connectivity index (χ1v) is 8.88. The summed E-state index contributed by atoms with van der Waals surface area (Å²) in [5.41, 5.74) is 0. The first-order chi connectivity index (χ1) is 11.5. The lowest BCUT2D eigenvalue weighted by Crippen LogP contribution is -2.49. The molecule has 2 saturated heterocycles. The Labute approximate surface area is 142 Å². The summed E-state index contributed by atoms with van der Waals surface area (Å²) in [6.45, 7) is 7.17. The Kier molecular flexibility index (Phi) is 7.61. The van der Waals surface area contributed by atoms with Gasteiger partial charge in [-0.1, -0.05) is 0 Å². The zero-order valence-electron chi connectivity index (χ0n) is 14.4. The normalized spacial score (nSPS) is 24.3. The average Bonchev–Trinajstić information content (AvgIpc) is 3.01. The molecule has 0 saturated carbocycles. The molecule has 1 atom stereocenters. The van der Waals surface area contributed by atoms with Crippen LogP contribution in [-0.4, -0.2) is 69.0 Å². The van der Waals surface area contributed by atoms with Gasteiger partial charge < -0.3 is 20.3 Å². The highest BCUT2D eigenvalue weighted by atomic mass is 19.4. The maximum Gasteiger partial charge on any atom is 0.390 e. The third-order valence-electron chi connectivity index (χ3n) is 4.48. The second kappa shape index (κ2) is 9.46. The molecule has 2 heterocycles. The summed E-state index contributed by atoms with van der Waals surface area (Å²) in [7, 11) is 0. The van der Waals surface area contributed by atoms with Gasteiger partial charge in [0.05, 0.1) is 19.6 Å².